The molecule has 1 rings (SSSR count). The zero-order valence-electron chi connectivity index (χ0n) is 9.13. The van der Waals surface area contributed by atoms with E-state index < -0.39 is 0 Å². The Balaban J connectivity index is 2.87. The van der Waals surface area contributed by atoms with E-state index in [1.54, 1.807) is 0 Å². The summed E-state index contributed by atoms with van der Waals surface area (Å²) in [5, 5.41) is 1.48. The minimum atomic E-state index is 0.169. The van der Waals surface area contributed by atoms with Crippen LogP contribution in [0.25, 0.3) is 0 Å². The molecule has 2 unspecified atom stereocenters. The van der Waals surface area contributed by atoms with Gasteiger partial charge in [-0.3, -0.25) is 0 Å². The molecule has 0 spiro atoms. The van der Waals surface area contributed by atoms with Crippen molar-refractivity contribution >= 4 is 23.2 Å². The molecule has 0 saturated heterocycles. The maximum atomic E-state index is 6.11. The second-order valence-electron chi connectivity index (χ2n) is 3.93. The molecule has 0 heterocycles. The lowest BCUT2D eigenvalue weighted by Crippen LogP contribution is -2.27. The van der Waals surface area contributed by atoms with Crippen LogP contribution in [0.1, 0.15) is 25.8 Å². The monoisotopic (exact) mass is 245 g/mol. The summed E-state index contributed by atoms with van der Waals surface area (Å²) in [7, 11) is 0. The summed E-state index contributed by atoms with van der Waals surface area (Å²) in [5.74, 6) is 0.433. The van der Waals surface area contributed by atoms with Gasteiger partial charge in [-0.1, -0.05) is 42.6 Å². The van der Waals surface area contributed by atoms with Gasteiger partial charge in [0.1, 0.15) is 0 Å². The molecule has 0 amide bonds. The number of rotatable bonds is 4. The lowest BCUT2D eigenvalue weighted by molar-refractivity contribution is 0.428. The fourth-order valence-corrected chi connectivity index (χ4v) is 2.24. The lowest BCUT2D eigenvalue weighted by Gasteiger charge is -2.20. The molecule has 15 heavy (non-hydrogen) atoms. The van der Waals surface area contributed by atoms with Crippen LogP contribution in [-0.4, -0.2) is 6.04 Å². The van der Waals surface area contributed by atoms with Crippen molar-refractivity contribution in [3.8, 4) is 0 Å². The predicted octanol–water partition coefficient (Wildman–Crippen LogP) is 3.91. The molecular formula is C12H17Cl2N. The first-order valence-electron chi connectivity index (χ1n) is 5.24. The minimum Gasteiger partial charge on any atom is -0.328 e. The van der Waals surface area contributed by atoms with Crippen LogP contribution in [0.4, 0.5) is 0 Å². The second kappa shape index (κ2) is 5.74. The molecule has 0 bridgehead atoms. The quantitative estimate of drug-likeness (QED) is 0.856. The van der Waals surface area contributed by atoms with Crippen molar-refractivity contribution in [3.63, 3.8) is 0 Å². The van der Waals surface area contributed by atoms with E-state index in [0.717, 1.165) is 28.5 Å². The fourth-order valence-electron chi connectivity index (χ4n) is 1.69. The molecule has 1 nitrogen and oxygen atoms in total. The van der Waals surface area contributed by atoms with Crippen LogP contribution in [0.2, 0.25) is 10.0 Å². The summed E-state index contributed by atoms with van der Waals surface area (Å²) in [6.45, 7) is 4.16. The van der Waals surface area contributed by atoms with Gasteiger partial charge in [0.2, 0.25) is 0 Å². The largest absolute Gasteiger partial charge is 0.328 e. The third kappa shape index (κ3) is 3.37. The number of hydrogen-bond acceptors (Lipinski definition) is 1. The van der Waals surface area contributed by atoms with Crippen LogP contribution >= 0.6 is 23.2 Å². The van der Waals surface area contributed by atoms with Crippen LogP contribution in [0.5, 0.6) is 0 Å². The van der Waals surface area contributed by atoms with Crippen molar-refractivity contribution in [2.24, 2.45) is 11.7 Å². The van der Waals surface area contributed by atoms with E-state index in [1.165, 1.54) is 0 Å². The van der Waals surface area contributed by atoms with Gasteiger partial charge in [0.05, 0.1) is 0 Å². The highest BCUT2D eigenvalue weighted by Crippen LogP contribution is 2.28. The Labute approximate surface area is 102 Å². The van der Waals surface area contributed by atoms with E-state index in [2.05, 4.69) is 6.92 Å². The van der Waals surface area contributed by atoms with E-state index in [9.17, 15) is 0 Å². The van der Waals surface area contributed by atoms with Gasteiger partial charge < -0.3 is 5.73 Å². The predicted molar refractivity (Wildman–Crippen MR) is 67.6 cm³/mol. The molecule has 0 radical (unpaired) electrons. The van der Waals surface area contributed by atoms with E-state index in [0.29, 0.717) is 5.92 Å². The smallest absolute Gasteiger partial charge is 0.0452 e. The number of halogens is 2. The van der Waals surface area contributed by atoms with Gasteiger partial charge >= 0.3 is 0 Å². The first kappa shape index (κ1) is 12.8. The zero-order valence-corrected chi connectivity index (χ0v) is 10.6. The molecule has 84 valence electrons. The average molecular weight is 246 g/mol. The SMILES string of the molecule is CCC(Cc1c(Cl)cccc1Cl)C(C)N. The van der Waals surface area contributed by atoms with Gasteiger partial charge in [0.25, 0.3) is 0 Å². The molecule has 1 aromatic carbocycles. The fraction of sp³-hybridized carbons (Fsp3) is 0.500. The summed E-state index contributed by atoms with van der Waals surface area (Å²) in [5.41, 5.74) is 6.93. The Hall–Kier alpha value is -0.240. The van der Waals surface area contributed by atoms with E-state index in [4.69, 9.17) is 28.9 Å². The summed E-state index contributed by atoms with van der Waals surface area (Å²) >= 11 is 12.2. The standard InChI is InChI=1S/C12H17Cl2N/c1-3-9(8(2)15)7-10-11(13)5-4-6-12(10)14/h4-6,8-9H,3,7,15H2,1-2H3. The topological polar surface area (TPSA) is 26.0 Å². The van der Waals surface area contributed by atoms with Gasteiger partial charge in [-0.15, -0.1) is 0 Å². The average Bonchev–Trinajstić information content (AvgIpc) is 2.17. The van der Waals surface area contributed by atoms with Crippen LogP contribution in [-0.2, 0) is 6.42 Å². The van der Waals surface area contributed by atoms with Gasteiger partial charge in [-0.05, 0) is 37.0 Å². The molecular weight excluding hydrogens is 229 g/mol. The van der Waals surface area contributed by atoms with Gasteiger partial charge in [-0.25, -0.2) is 0 Å². The maximum absolute atomic E-state index is 6.11. The minimum absolute atomic E-state index is 0.169. The van der Waals surface area contributed by atoms with E-state index in [-0.39, 0.29) is 6.04 Å². The molecule has 3 heteroatoms. The molecule has 0 saturated carbocycles. The van der Waals surface area contributed by atoms with Crippen molar-refractivity contribution < 1.29 is 0 Å². The summed E-state index contributed by atoms with van der Waals surface area (Å²) < 4.78 is 0. The highest BCUT2D eigenvalue weighted by atomic mass is 35.5. The highest BCUT2D eigenvalue weighted by molar-refractivity contribution is 6.35. The highest BCUT2D eigenvalue weighted by Gasteiger charge is 2.15. The Morgan fingerprint density at radius 1 is 1.27 bits per heavy atom. The lowest BCUT2D eigenvalue weighted by atomic mass is 9.91. The Bertz CT molecular complexity index is 303. The summed E-state index contributed by atoms with van der Waals surface area (Å²) in [6, 6.07) is 5.77. The summed E-state index contributed by atoms with van der Waals surface area (Å²) in [4.78, 5) is 0. The molecule has 0 fully saturated rings. The van der Waals surface area contributed by atoms with Crippen molar-refractivity contribution in [2.75, 3.05) is 0 Å². The van der Waals surface area contributed by atoms with E-state index >= 15 is 0 Å². The molecule has 2 N–H and O–H groups in total. The van der Waals surface area contributed by atoms with Crippen LogP contribution in [0.3, 0.4) is 0 Å². The van der Waals surface area contributed by atoms with Gasteiger partial charge in [0.15, 0.2) is 0 Å². The van der Waals surface area contributed by atoms with Gasteiger partial charge in [0, 0.05) is 16.1 Å². The van der Waals surface area contributed by atoms with Gasteiger partial charge in [-0.2, -0.15) is 0 Å². The molecule has 0 aliphatic carbocycles. The third-order valence-electron chi connectivity index (χ3n) is 2.80. The first-order chi connectivity index (χ1) is 7.06. The zero-order chi connectivity index (χ0) is 11.4. The molecule has 1 aromatic rings. The Morgan fingerprint density at radius 2 is 1.80 bits per heavy atom. The molecule has 0 aliphatic heterocycles. The van der Waals surface area contributed by atoms with Crippen molar-refractivity contribution in [2.45, 2.75) is 32.7 Å². The van der Waals surface area contributed by atoms with Crippen molar-refractivity contribution in [3.05, 3.63) is 33.8 Å². The molecule has 0 aromatic heterocycles. The number of nitrogens with two attached hydrogens (primary N) is 1. The Kier molecular flexibility index (Phi) is 4.91. The van der Waals surface area contributed by atoms with E-state index in [1.807, 2.05) is 25.1 Å². The third-order valence-corrected chi connectivity index (χ3v) is 3.50. The van der Waals surface area contributed by atoms with Crippen molar-refractivity contribution in [1.82, 2.24) is 0 Å². The summed E-state index contributed by atoms with van der Waals surface area (Å²) in [6.07, 6.45) is 1.89. The second-order valence-corrected chi connectivity index (χ2v) is 4.75. The normalized spacial score (nSPS) is 15.0. The maximum Gasteiger partial charge on any atom is 0.0452 e. The van der Waals surface area contributed by atoms with Crippen LogP contribution in [0, 0.1) is 5.92 Å². The number of benzene rings is 1. The molecule has 2 atom stereocenters. The number of hydrogen-bond donors (Lipinski definition) is 1. The van der Waals surface area contributed by atoms with Crippen LogP contribution < -0.4 is 5.73 Å². The van der Waals surface area contributed by atoms with Crippen LogP contribution in [0.15, 0.2) is 18.2 Å². The first-order valence-corrected chi connectivity index (χ1v) is 6.00. The Morgan fingerprint density at radius 3 is 2.20 bits per heavy atom. The molecule has 0 aliphatic rings. The van der Waals surface area contributed by atoms with Crippen molar-refractivity contribution in [1.29, 1.82) is 0 Å².